The maximum absolute atomic E-state index is 6.48. The normalized spacial score (nSPS) is 29.0. The molecule has 0 bridgehead atoms. The molecule has 7 nitrogen and oxygen atoms in total. The molecule has 0 saturated carbocycles. The molecular weight excluding hydrogens is 537 g/mol. The van der Waals surface area contributed by atoms with Gasteiger partial charge in [0.25, 0.3) is 0 Å². The van der Waals surface area contributed by atoms with E-state index in [4.69, 9.17) is 30.2 Å². The minimum Gasteiger partial charge on any atom is -0.414 e. The van der Waals surface area contributed by atoms with E-state index in [1.807, 2.05) is 24.6 Å². The predicted octanol–water partition coefficient (Wildman–Crippen LogP) is 5.13. The molecule has 2 saturated heterocycles. The van der Waals surface area contributed by atoms with Crippen molar-refractivity contribution in [2.45, 2.75) is 83.1 Å². The Morgan fingerprint density at radius 2 is 1.90 bits per heavy atom. The molecule has 2 aliphatic heterocycles. The smallest absolute Gasteiger partial charge is 0.192 e. The van der Waals surface area contributed by atoms with Crippen LogP contribution in [0, 0.1) is 3.57 Å². The second-order valence-corrected chi connectivity index (χ2v) is 16.3. The predicted molar refractivity (Wildman–Crippen MR) is 126 cm³/mol. The largest absolute Gasteiger partial charge is 0.414 e. The summed E-state index contributed by atoms with van der Waals surface area (Å²) in [6.45, 7) is 15.5. The van der Waals surface area contributed by atoms with E-state index in [0.717, 1.165) is 14.6 Å². The lowest BCUT2D eigenvalue weighted by molar-refractivity contribution is -0.199. The number of hydrogen-bond acceptors (Lipinski definition) is 6. The molecule has 2 aromatic heterocycles. The Kier molecular flexibility index (Phi) is 5.82. The average Bonchev–Trinajstić information content (AvgIpc) is 3.21. The zero-order chi connectivity index (χ0) is 22.1. The first-order valence-electron chi connectivity index (χ1n) is 10.1. The van der Waals surface area contributed by atoms with Crippen molar-refractivity contribution >= 4 is 53.5 Å². The van der Waals surface area contributed by atoms with Gasteiger partial charge in [-0.3, -0.25) is 0 Å². The molecule has 4 heterocycles. The summed E-state index contributed by atoms with van der Waals surface area (Å²) in [5.41, 5.74) is 0.724. The first-order chi connectivity index (χ1) is 13.8. The number of nitrogens with zero attached hydrogens (tertiary/aromatic N) is 3. The third-order valence-electron chi connectivity index (χ3n) is 6.33. The highest BCUT2D eigenvalue weighted by molar-refractivity contribution is 14.1. The van der Waals surface area contributed by atoms with Crippen LogP contribution < -0.4 is 0 Å². The van der Waals surface area contributed by atoms with Crippen LogP contribution in [0.4, 0.5) is 0 Å². The topological polar surface area (TPSA) is 67.6 Å². The minimum atomic E-state index is -1.92. The minimum absolute atomic E-state index is 0.122. The molecule has 0 N–H and O–H groups in total. The van der Waals surface area contributed by atoms with Gasteiger partial charge in [-0.2, -0.15) is 0 Å². The summed E-state index contributed by atoms with van der Waals surface area (Å²) in [6, 6.07) is 0. The van der Waals surface area contributed by atoms with Crippen LogP contribution in [0.5, 0.6) is 0 Å². The molecule has 0 aliphatic carbocycles. The Balaban J connectivity index is 1.65. The third kappa shape index (κ3) is 3.95. The molecule has 30 heavy (non-hydrogen) atoms. The summed E-state index contributed by atoms with van der Waals surface area (Å²) < 4.78 is 28.4. The molecule has 10 heteroatoms. The highest BCUT2D eigenvalue weighted by Gasteiger charge is 2.56. The highest BCUT2D eigenvalue weighted by Crippen LogP contribution is 2.45. The molecule has 0 aromatic carbocycles. The number of fused-ring (bicyclic) bond motifs is 2. The monoisotopic (exact) mass is 565 g/mol. The van der Waals surface area contributed by atoms with Crippen LogP contribution >= 0.6 is 34.2 Å². The van der Waals surface area contributed by atoms with Crippen molar-refractivity contribution in [2.24, 2.45) is 0 Å². The number of hydrogen-bond donors (Lipinski definition) is 0. The Morgan fingerprint density at radius 1 is 1.23 bits per heavy atom. The van der Waals surface area contributed by atoms with Gasteiger partial charge in [-0.15, -0.1) is 0 Å². The van der Waals surface area contributed by atoms with Gasteiger partial charge in [0.15, 0.2) is 20.3 Å². The second kappa shape index (κ2) is 7.63. The van der Waals surface area contributed by atoms with E-state index >= 15 is 0 Å². The SMILES string of the molecule is CC1(C)O[C@@H]2[C@H](O1)[C@H](CO[Si](C)(C)C(C)(C)C)O[C@H]2n1cc(I)c2c(Cl)ncnc21. The van der Waals surface area contributed by atoms with E-state index in [2.05, 4.69) is 66.4 Å². The van der Waals surface area contributed by atoms with Crippen LogP contribution in [0.3, 0.4) is 0 Å². The Labute approximate surface area is 197 Å². The van der Waals surface area contributed by atoms with Gasteiger partial charge in [0.2, 0.25) is 0 Å². The highest BCUT2D eigenvalue weighted by atomic mass is 127. The van der Waals surface area contributed by atoms with E-state index in [-0.39, 0.29) is 29.6 Å². The maximum Gasteiger partial charge on any atom is 0.192 e. The van der Waals surface area contributed by atoms with E-state index in [9.17, 15) is 0 Å². The summed E-state index contributed by atoms with van der Waals surface area (Å²) >= 11 is 8.58. The van der Waals surface area contributed by atoms with Crippen molar-refractivity contribution in [1.82, 2.24) is 14.5 Å². The number of rotatable bonds is 4. The number of halogens is 2. The summed E-state index contributed by atoms with van der Waals surface area (Å²) in [4.78, 5) is 8.58. The van der Waals surface area contributed by atoms with Crippen LogP contribution in [0.1, 0.15) is 40.8 Å². The van der Waals surface area contributed by atoms with Gasteiger partial charge in [0.1, 0.15) is 35.4 Å². The molecule has 0 spiro atoms. The number of aromatic nitrogens is 3. The summed E-state index contributed by atoms with van der Waals surface area (Å²) in [5, 5.41) is 1.37. The van der Waals surface area contributed by atoms with Crippen LogP contribution in [-0.2, 0) is 18.6 Å². The fourth-order valence-electron chi connectivity index (χ4n) is 3.72. The molecule has 166 valence electrons. The van der Waals surface area contributed by atoms with Gasteiger partial charge < -0.3 is 23.2 Å². The molecule has 2 aliphatic rings. The van der Waals surface area contributed by atoms with Crippen molar-refractivity contribution in [3.8, 4) is 0 Å². The van der Waals surface area contributed by atoms with Crippen molar-refractivity contribution < 1.29 is 18.6 Å². The van der Waals surface area contributed by atoms with Crippen molar-refractivity contribution in [2.75, 3.05) is 6.61 Å². The summed E-state index contributed by atoms with van der Waals surface area (Å²) in [5.74, 6) is -0.685. The van der Waals surface area contributed by atoms with Crippen molar-refractivity contribution in [3.05, 3.63) is 21.2 Å². The zero-order valence-corrected chi connectivity index (χ0v) is 22.3. The fourth-order valence-corrected chi connectivity index (χ4v) is 5.92. The van der Waals surface area contributed by atoms with Crippen LogP contribution in [0.15, 0.2) is 12.5 Å². The lowest BCUT2D eigenvalue weighted by atomic mass is 10.1. The van der Waals surface area contributed by atoms with Crippen LogP contribution in [0.2, 0.25) is 23.3 Å². The third-order valence-corrected chi connectivity index (χ3v) is 11.9. The maximum atomic E-state index is 6.48. The fraction of sp³-hybridized carbons (Fsp3) is 0.700. The summed E-state index contributed by atoms with van der Waals surface area (Å²) in [7, 11) is -1.92. The number of ether oxygens (including phenoxy) is 3. The zero-order valence-electron chi connectivity index (χ0n) is 18.4. The molecule has 0 radical (unpaired) electrons. The lowest BCUT2D eigenvalue weighted by Crippen LogP contribution is -2.44. The molecule has 4 rings (SSSR count). The molecule has 0 amide bonds. The van der Waals surface area contributed by atoms with Crippen LogP contribution in [0.25, 0.3) is 11.0 Å². The van der Waals surface area contributed by atoms with E-state index in [1.165, 1.54) is 6.33 Å². The van der Waals surface area contributed by atoms with Gasteiger partial charge in [0.05, 0.1) is 12.0 Å². The van der Waals surface area contributed by atoms with E-state index < -0.39 is 14.1 Å². The Hall–Kier alpha value is -0.303. The van der Waals surface area contributed by atoms with Gasteiger partial charge in [0, 0.05) is 9.77 Å². The van der Waals surface area contributed by atoms with E-state index in [0.29, 0.717) is 11.8 Å². The first kappa shape index (κ1) is 22.9. The van der Waals surface area contributed by atoms with Gasteiger partial charge >= 0.3 is 0 Å². The lowest BCUT2D eigenvalue weighted by Gasteiger charge is -2.37. The Morgan fingerprint density at radius 3 is 2.57 bits per heavy atom. The summed E-state index contributed by atoms with van der Waals surface area (Å²) in [6.07, 6.45) is 2.34. The standard InChI is InChI=1S/C20H29ClIN3O4Si/c1-19(2,3)30(6,7)26-9-12-14-15(29-20(4,5)28-14)18(27-12)25-8-11(22)13-16(21)23-10-24-17(13)25/h8,10,12,14-15,18H,9H2,1-7H3/t12-,14+,15+,18+/m0/s1. The van der Waals surface area contributed by atoms with Gasteiger partial charge in [-0.1, -0.05) is 32.4 Å². The average molecular weight is 566 g/mol. The molecule has 2 aromatic rings. The molecule has 2 fully saturated rings. The van der Waals surface area contributed by atoms with Gasteiger partial charge in [-0.25, -0.2) is 9.97 Å². The van der Waals surface area contributed by atoms with Crippen molar-refractivity contribution in [3.63, 3.8) is 0 Å². The van der Waals surface area contributed by atoms with Crippen LogP contribution in [-0.4, -0.2) is 53.6 Å². The quantitative estimate of drug-likeness (QED) is 0.291. The molecule has 4 atom stereocenters. The second-order valence-electron chi connectivity index (χ2n) is 9.95. The van der Waals surface area contributed by atoms with E-state index in [1.54, 1.807) is 0 Å². The molecular formula is C20H29ClIN3O4Si. The van der Waals surface area contributed by atoms with Gasteiger partial charge in [-0.05, 0) is 54.6 Å². The first-order valence-corrected chi connectivity index (χ1v) is 14.5. The Bertz CT molecular complexity index is 961. The van der Waals surface area contributed by atoms with Crippen molar-refractivity contribution in [1.29, 1.82) is 0 Å². The molecule has 0 unspecified atom stereocenters.